The second kappa shape index (κ2) is 7.37. The second-order valence-corrected chi connectivity index (χ2v) is 7.55. The highest BCUT2D eigenvalue weighted by atomic mass is 32.2. The van der Waals surface area contributed by atoms with Gasteiger partial charge < -0.3 is 4.90 Å². The third kappa shape index (κ3) is 4.39. The van der Waals surface area contributed by atoms with Crippen LogP contribution in [0.3, 0.4) is 0 Å². The number of rotatable bonds is 6. The van der Waals surface area contributed by atoms with Crippen molar-refractivity contribution in [2.75, 3.05) is 13.6 Å². The summed E-state index contributed by atoms with van der Waals surface area (Å²) in [5.41, 5.74) is 0.333. The van der Waals surface area contributed by atoms with Gasteiger partial charge in [0.1, 0.15) is 6.54 Å². The molecule has 0 spiro atoms. The Kier molecular flexibility index (Phi) is 5.50. The Labute approximate surface area is 139 Å². The van der Waals surface area contributed by atoms with E-state index in [0.29, 0.717) is 5.56 Å². The van der Waals surface area contributed by atoms with Crippen LogP contribution in [0.1, 0.15) is 15.2 Å². The number of carbonyl (C=O) groups excluding carboxylic acids is 1. The van der Waals surface area contributed by atoms with Gasteiger partial charge >= 0.3 is 0 Å². The zero-order chi connectivity index (χ0) is 16.9. The number of hydrogen-bond acceptors (Lipinski definition) is 5. The number of nitriles is 1. The standard InChI is InChI=1S/C15H15N3O3S2/c1-18(9-8-16)15(19)12-4-6-14(7-5-12)23(20,21)17-11-13-3-2-10-22-13/h2-7,10,17H,9,11H2,1H3. The Morgan fingerprint density at radius 2 is 2.00 bits per heavy atom. The Morgan fingerprint density at radius 1 is 1.30 bits per heavy atom. The molecule has 0 radical (unpaired) electrons. The van der Waals surface area contributed by atoms with Gasteiger partial charge in [0, 0.05) is 24.0 Å². The molecule has 0 aliphatic heterocycles. The first-order chi connectivity index (χ1) is 10.9. The number of hydrogen-bond donors (Lipinski definition) is 1. The molecule has 0 aliphatic carbocycles. The van der Waals surface area contributed by atoms with E-state index in [-0.39, 0.29) is 23.9 Å². The van der Waals surface area contributed by atoms with Crippen molar-refractivity contribution in [1.29, 1.82) is 5.26 Å². The Balaban J connectivity index is 2.09. The molecule has 1 N–H and O–H groups in total. The smallest absolute Gasteiger partial charge is 0.254 e. The van der Waals surface area contributed by atoms with Gasteiger partial charge in [0.25, 0.3) is 5.91 Å². The summed E-state index contributed by atoms with van der Waals surface area (Å²) in [6.45, 7) is 0.201. The van der Waals surface area contributed by atoms with E-state index in [1.165, 1.54) is 47.5 Å². The van der Waals surface area contributed by atoms with E-state index in [2.05, 4.69) is 4.72 Å². The van der Waals surface area contributed by atoms with E-state index in [1.54, 1.807) is 0 Å². The van der Waals surface area contributed by atoms with Crippen molar-refractivity contribution in [3.8, 4) is 6.07 Å². The molecule has 120 valence electrons. The molecule has 2 rings (SSSR count). The number of carbonyl (C=O) groups is 1. The molecule has 0 saturated carbocycles. The molecule has 6 nitrogen and oxygen atoms in total. The monoisotopic (exact) mass is 349 g/mol. The maximum absolute atomic E-state index is 12.2. The van der Waals surface area contributed by atoms with Crippen LogP contribution in [0, 0.1) is 11.3 Å². The van der Waals surface area contributed by atoms with E-state index < -0.39 is 10.0 Å². The first-order valence-corrected chi connectivity index (χ1v) is 9.05. The molecule has 0 atom stereocenters. The fourth-order valence-electron chi connectivity index (χ4n) is 1.84. The number of nitrogens with zero attached hydrogens (tertiary/aromatic N) is 2. The van der Waals surface area contributed by atoms with Gasteiger partial charge in [-0.1, -0.05) is 6.07 Å². The maximum atomic E-state index is 12.2. The van der Waals surface area contributed by atoms with E-state index in [0.717, 1.165) is 4.88 Å². The zero-order valence-electron chi connectivity index (χ0n) is 12.4. The number of nitrogens with one attached hydrogen (secondary N) is 1. The quantitative estimate of drug-likeness (QED) is 0.806. The summed E-state index contributed by atoms with van der Waals surface area (Å²) in [6, 6.07) is 11.2. The highest BCUT2D eigenvalue weighted by Gasteiger charge is 2.16. The van der Waals surface area contributed by atoms with Crippen LogP contribution in [0.2, 0.25) is 0 Å². The highest BCUT2D eigenvalue weighted by Crippen LogP contribution is 2.14. The van der Waals surface area contributed by atoms with E-state index in [4.69, 9.17) is 5.26 Å². The molecule has 1 amide bonds. The van der Waals surface area contributed by atoms with E-state index in [1.807, 2.05) is 23.6 Å². The predicted molar refractivity (Wildman–Crippen MR) is 87.4 cm³/mol. The van der Waals surface area contributed by atoms with Gasteiger partial charge in [-0.05, 0) is 35.7 Å². The zero-order valence-corrected chi connectivity index (χ0v) is 14.0. The minimum absolute atomic E-state index is 0.0265. The number of benzene rings is 1. The Bertz CT molecular complexity index is 807. The van der Waals surface area contributed by atoms with E-state index >= 15 is 0 Å². The van der Waals surface area contributed by atoms with Gasteiger partial charge in [-0.15, -0.1) is 11.3 Å². The lowest BCUT2D eigenvalue weighted by atomic mass is 10.2. The number of thiophene rings is 1. The number of amides is 1. The van der Waals surface area contributed by atoms with Gasteiger partial charge in [0.05, 0.1) is 11.0 Å². The fraction of sp³-hybridized carbons (Fsp3) is 0.200. The molecule has 1 aromatic carbocycles. The van der Waals surface area contributed by atoms with Crippen molar-refractivity contribution in [2.45, 2.75) is 11.4 Å². The van der Waals surface area contributed by atoms with Crippen molar-refractivity contribution in [3.05, 3.63) is 52.2 Å². The van der Waals surface area contributed by atoms with Gasteiger partial charge in [-0.3, -0.25) is 4.79 Å². The highest BCUT2D eigenvalue weighted by molar-refractivity contribution is 7.89. The molecule has 0 aliphatic rings. The lowest BCUT2D eigenvalue weighted by molar-refractivity contribution is 0.0812. The summed E-state index contributed by atoms with van der Waals surface area (Å²) in [7, 11) is -2.12. The average Bonchev–Trinajstić information content (AvgIpc) is 3.06. The predicted octanol–water partition coefficient (Wildman–Crippen LogP) is 1.82. The fourth-order valence-corrected chi connectivity index (χ4v) is 3.58. The van der Waals surface area contributed by atoms with Crippen molar-refractivity contribution >= 4 is 27.3 Å². The average molecular weight is 349 g/mol. The topological polar surface area (TPSA) is 90.3 Å². The first-order valence-electron chi connectivity index (χ1n) is 6.68. The normalized spacial score (nSPS) is 11.0. The van der Waals surface area contributed by atoms with Crippen molar-refractivity contribution in [2.24, 2.45) is 0 Å². The third-order valence-electron chi connectivity index (χ3n) is 3.08. The van der Waals surface area contributed by atoms with E-state index in [9.17, 15) is 13.2 Å². The Hall–Kier alpha value is -2.21. The van der Waals surface area contributed by atoms with Gasteiger partial charge in [0.15, 0.2) is 0 Å². The van der Waals surface area contributed by atoms with Crippen LogP contribution in [-0.4, -0.2) is 32.8 Å². The molecule has 23 heavy (non-hydrogen) atoms. The molecule has 0 saturated heterocycles. The largest absolute Gasteiger partial charge is 0.328 e. The summed E-state index contributed by atoms with van der Waals surface area (Å²) >= 11 is 1.47. The second-order valence-electron chi connectivity index (χ2n) is 4.75. The van der Waals surface area contributed by atoms with Crippen LogP contribution >= 0.6 is 11.3 Å². The summed E-state index contributed by atoms with van der Waals surface area (Å²) in [5.74, 6) is -0.331. The van der Waals surface area contributed by atoms with Crippen molar-refractivity contribution in [1.82, 2.24) is 9.62 Å². The summed E-state index contributed by atoms with van der Waals surface area (Å²) in [6.07, 6.45) is 0. The van der Waals surface area contributed by atoms with Crippen LogP contribution in [0.4, 0.5) is 0 Å². The SMILES string of the molecule is CN(CC#N)C(=O)c1ccc(S(=O)(=O)NCc2cccs2)cc1. The van der Waals surface area contributed by atoms with Crippen molar-refractivity contribution in [3.63, 3.8) is 0 Å². The van der Waals surface area contributed by atoms with Crippen LogP contribution in [-0.2, 0) is 16.6 Å². The van der Waals surface area contributed by atoms with Gasteiger partial charge in [-0.25, -0.2) is 13.1 Å². The summed E-state index contributed by atoms with van der Waals surface area (Å²) in [5, 5.41) is 10.5. The molecule has 0 bridgehead atoms. The maximum Gasteiger partial charge on any atom is 0.254 e. The number of sulfonamides is 1. The molecule has 1 heterocycles. The van der Waals surface area contributed by atoms with Crippen LogP contribution in [0.5, 0.6) is 0 Å². The van der Waals surface area contributed by atoms with Gasteiger partial charge in [-0.2, -0.15) is 5.26 Å². The Morgan fingerprint density at radius 3 is 2.57 bits per heavy atom. The molecular weight excluding hydrogens is 334 g/mol. The molecule has 0 unspecified atom stereocenters. The molecular formula is C15H15N3O3S2. The van der Waals surface area contributed by atoms with Crippen LogP contribution in [0.25, 0.3) is 0 Å². The third-order valence-corrected chi connectivity index (χ3v) is 5.38. The molecule has 2 aromatic rings. The molecule has 1 aromatic heterocycles. The first kappa shape index (κ1) is 17.1. The lowest BCUT2D eigenvalue weighted by Gasteiger charge is -2.13. The van der Waals surface area contributed by atoms with Crippen molar-refractivity contribution < 1.29 is 13.2 Å². The summed E-state index contributed by atoms with van der Waals surface area (Å²) < 4.78 is 26.9. The van der Waals surface area contributed by atoms with Gasteiger partial charge in [0.2, 0.25) is 10.0 Å². The molecule has 8 heteroatoms. The van der Waals surface area contributed by atoms with Crippen LogP contribution < -0.4 is 4.72 Å². The van der Waals surface area contributed by atoms with Crippen LogP contribution in [0.15, 0.2) is 46.7 Å². The minimum atomic E-state index is -3.63. The summed E-state index contributed by atoms with van der Waals surface area (Å²) in [4.78, 5) is 14.3. The molecule has 0 fully saturated rings. The minimum Gasteiger partial charge on any atom is -0.328 e. The lowest BCUT2D eigenvalue weighted by Crippen LogP contribution is -2.27.